The predicted molar refractivity (Wildman–Crippen MR) is 106 cm³/mol. The number of nitrogens with zero attached hydrogens (tertiary/aromatic N) is 2. The topological polar surface area (TPSA) is 126 Å². The molecule has 1 heterocycles. The molecule has 0 atom stereocenters. The molecule has 0 aromatic carbocycles. The lowest BCUT2D eigenvalue weighted by atomic mass is 10.3. The first-order valence-electron chi connectivity index (χ1n) is 9.53. The lowest BCUT2D eigenvalue weighted by Crippen LogP contribution is -2.29. The quantitative estimate of drug-likeness (QED) is 0.178. The minimum absolute atomic E-state index is 0.00443. The van der Waals surface area contributed by atoms with Crippen LogP contribution in [0.3, 0.4) is 0 Å². The summed E-state index contributed by atoms with van der Waals surface area (Å²) in [5.74, 6) is -0.560. The molecule has 1 rings (SSSR count). The van der Waals surface area contributed by atoms with Crippen LogP contribution >= 0.6 is 0 Å². The summed E-state index contributed by atoms with van der Waals surface area (Å²) in [6, 6.07) is 2.78. The van der Waals surface area contributed by atoms with E-state index in [-0.39, 0.29) is 31.9 Å². The molecule has 1 aromatic heterocycles. The Morgan fingerprint density at radius 1 is 1.00 bits per heavy atom. The van der Waals surface area contributed by atoms with E-state index < -0.39 is 5.97 Å². The molecule has 11 nitrogen and oxygen atoms in total. The third kappa shape index (κ3) is 11.0. The van der Waals surface area contributed by atoms with Gasteiger partial charge in [-0.3, -0.25) is 14.4 Å². The molecular weight excluding hydrogens is 400 g/mol. The molecule has 1 N–H and O–H groups in total. The number of hydrogen-bond acceptors (Lipinski definition) is 9. The van der Waals surface area contributed by atoms with Crippen LogP contribution in [0.5, 0.6) is 0 Å². The highest BCUT2D eigenvalue weighted by Gasteiger charge is 2.09. The first-order chi connectivity index (χ1) is 14.6. The molecular formula is C19H30N2O9. The van der Waals surface area contributed by atoms with Crippen molar-refractivity contribution in [2.45, 2.75) is 6.54 Å². The summed E-state index contributed by atoms with van der Waals surface area (Å²) in [7, 11) is 1.24. The molecule has 0 aliphatic rings. The Bertz CT molecular complexity index is 666. The van der Waals surface area contributed by atoms with E-state index in [0.717, 1.165) is 0 Å². The Kier molecular flexibility index (Phi) is 14.1. The van der Waals surface area contributed by atoms with Crippen LogP contribution in [-0.4, -0.2) is 95.2 Å². The minimum Gasteiger partial charge on any atom is -0.468 e. The molecule has 1 aromatic rings. The molecule has 0 aliphatic carbocycles. The van der Waals surface area contributed by atoms with E-state index >= 15 is 0 Å². The number of anilines is 1. The fourth-order valence-electron chi connectivity index (χ4n) is 2.25. The fourth-order valence-corrected chi connectivity index (χ4v) is 2.25. The third-order valence-corrected chi connectivity index (χ3v) is 3.78. The van der Waals surface area contributed by atoms with E-state index in [2.05, 4.69) is 4.74 Å². The van der Waals surface area contributed by atoms with Crippen LogP contribution in [0.2, 0.25) is 0 Å². The summed E-state index contributed by atoms with van der Waals surface area (Å²) in [4.78, 5) is 35.9. The maximum atomic E-state index is 11.8. The van der Waals surface area contributed by atoms with Crippen molar-refractivity contribution in [3.05, 3.63) is 28.7 Å². The first-order valence-corrected chi connectivity index (χ1v) is 9.53. The monoisotopic (exact) mass is 430 g/mol. The second-order valence-electron chi connectivity index (χ2n) is 5.90. The maximum Gasteiger partial charge on any atom is 0.325 e. The summed E-state index contributed by atoms with van der Waals surface area (Å²) >= 11 is 0. The number of aliphatic hydroxyl groups is 1. The van der Waals surface area contributed by atoms with E-state index in [1.54, 1.807) is 0 Å². The van der Waals surface area contributed by atoms with Gasteiger partial charge >= 0.3 is 5.97 Å². The van der Waals surface area contributed by atoms with Crippen LogP contribution in [0.4, 0.5) is 5.69 Å². The zero-order chi connectivity index (χ0) is 22.0. The lowest BCUT2D eigenvalue weighted by molar-refractivity contribution is -0.141. The van der Waals surface area contributed by atoms with Gasteiger partial charge in [0.05, 0.1) is 72.3 Å². The summed E-state index contributed by atoms with van der Waals surface area (Å²) in [5.41, 5.74) is 0.0959. The molecule has 0 saturated carbocycles. The Hall–Kier alpha value is -2.31. The maximum absolute atomic E-state index is 11.8. The van der Waals surface area contributed by atoms with Gasteiger partial charge in [-0.15, -0.1) is 0 Å². The van der Waals surface area contributed by atoms with Gasteiger partial charge in [-0.25, -0.2) is 0 Å². The molecule has 1 amide bonds. The van der Waals surface area contributed by atoms with Crippen LogP contribution in [0, 0.1) is 0 Å². The molecule has 0 aliphatic heterocycles. The number of amides is 1. The second kappa shape index (κ2) is 16.5. The summed E-state index contributed by atoms with van der Waals surface area (Å²) < 4.78 is 26.9. The number of aliphatic hydroxyl groups excluding tert-OH is 1. The minimum atomic E-state index is -0.560. The van der Waals surface area contributed by atoms with Gasteiger partial charge in [-0.1, -0.05) is 0 Å². The van der Waals surface area contributed by atoms with E-state index in [9.17, 15) is 14.4 Å². The highest BCUT2D eigenvalue weighted by Crippen LogP contribution is 2.09. The van der Waals surface area contributed by atoms with Crippen LogP contribution in [0.25, 0.3) is 0 Å². The smallest absolute Gasteiger partial charge is 0.325 e. The second-order valence-corrected chi connectivity index (χ2v) is 5.90. The number of pyridine rings is 1. The van der Waals surface area contributed by atoms with Crippen molar-refractivity contribution in [1.29, 1.82) is 0 Å². The number of esters is 1. The average Bonchev–Trinajstić information content (AvgIpc) is 2.75. The molecule has 170 valence electrons. The number of ether oxygens (including phenoxy) is 5. The van der Waals surface area contributed by atoms with Gasteiger partial charge in [0, 0.05) is 18.8 Å². The van der Waals surface area contributed by atoms with Gasteiger partial charge in [0.15, 0.2) is 0 Å². The van der Waals surface area contributed by atoms with E-state index in [4.69, 9.17) is 24.1 Å². The number of methoxy groups -OCH3 is 1. The summed E-state index contributed by atoms with van der Waals surface area (Å²) in [5, 5.41) is 8.54. The fraction of sp³-hybridized carbons (Fsp3) is 0.632. The molecule has 0 fully saturated rings. The zero-order valence-corrected chi connectivity index (χ0v) is 17.2. The molecule has 0 bridgehead atoms. The molecule has 30 heavy (non-hydrogen) atoms. The Balaban J connectivity index is 2.20. The Morgan fingerprint density at radius 3 is 2.10 bits per heavy atom. The highest BCUT2D eigenvalue weighted by molar-refractivity contribution is 5.74. The SMILES string of the molecule is COC(=O)Cn1cc(N(C=O)CCOCCOCCOCCOCCO)ccc1=O. The zero-order valence-electron chi connectivity index (χ0n) is 17.2. The van der Waals surface area contributed by atoms with Crippen LogP contribution < -0.4 is 10.5 Å². The summed E-state index contributed by atoms with van der Waals surface area (Å²) in [6.45, 7) is 3.08. The van der Waals surface area contributed by atoms with Gasteiger partial charge in [-0.2, -0.15) is 0 Å². The van der Waals surface area contributed by atoms with Crippen molar-refractivity contribution < 1.29 is 38.4 Å². The third-order valence-electron chi connectivity index (χ3n) is 3.78. The summed E-state index contributed by atoms with van der Waals surface area (Å²) in [6.07, 6.45) is 2.05. The number of hydrogen-bond donors (Lipinski definition) is 1. The lowest BCUT2D eigenvalue weighted by Gasteiger charge is -2.18. The van der Waals surface area contributed by atoms with Gasteiger partial charge in [0.1, 0.15) is 6.54 Å². The van der Waals surface area contributed by atoms with Crippen LogP contribution in [-0.2, 0) is 39.8 Å². The van der Waals surface area contributed by atoms with E-state index in [1.165, 1.54) is 34.9 Å². The van der Waals surface area contributed by atoms with Crippen LogP contribution in [0.1, 0.15) is 0 Å². The molecule has 0 spiro atoms. The number of aromatic nitrogens is 1. The predicted octanol–water partition coefficient (Wildman–Crippen LogP) is -0.957. The van der Waals surface area contributed by atoms with Crippen molar-refractivity contribution in [2.75, 3.05) is 78.0 Å². The number of carbonyl (C=O) groups is 2. The van der Waals surface area contributed by atoms with E-state index in [1.807, 2.05) is 0 Å². The van der Waals surface area contributed by atoms with Crippen molar-refractivity contribution >= 4 is 18.1 Å². The van der Waals surface area contributed by atoms with Crippen molar-refractivity contribution in [3.8, 4) is 0 Å². The molecule has 0 radical (unpaired) electrons. The Labute approximate surface area is 175 Å². The van der Waals surface area contributed by atoms with Gasteiger partial charge < -0.3 is 38.3 Å². The largest absolute Gasteiger partial charge is 0.468 e. The standard InChI is InChI=1S/C19H30N2O9/c1-26-19(25)15-21-14-17(2-3-18(21)24)20(16-23)4-6-27-8-10-29-12-13-30-11-9-28-7-5-22/h2-3,14,16,22H,4-13,15H2,1H3. The molecule has 0 saturated heterocycles. The van der Waals surface area contributed by atoms with Crippen molar-refractivity contribution in [1.82, 2.24) is 4.57 Å². The van der Waals surface area contributed by atoms with Gasteiger partial charge in [0.25, 0.3) is 5.56 Å². The molecule has 11 heteroatoms. The van der Waals surface area contributed by atoms with Crippen molar-refractivity contribution in [2.24, 2.45) is 0 Å². The van der Waals surface area contributed by atoms with Crippen LogP contribution in [0.15, 0.2) is 23.1 Å². The van der Waals surface area contributed by atoms with Gasteiger partial charge in [-0.05, 0) is 6.07 Å². The van der Waals surface area contributed by atoms with E-state index in [0.29, 0.717) is 58.3 Å². The first kappa shape index (κ1) is 25.7. The number of rotatable bonds is 18. The Morgan fingerprint density at radius 2 is 1.57 bits per heavy atom. The van der Waals surface area contributed by atoms with Gasteiger partial charge in [0.2, 0.25) is 6.41 Å². The van der Waals surface area contributed by atoms with Crippen molar-refractivity contribution in [3.63, 3.8) is 0 Å². The average molecular weight is 430 g/mol. The normalized spacial score (nSPS) is 10.7. The number of carbonyl (C=O) groups excluding carboxylic acids is 2. The molecule has 0 unspecified atom stereocenters. The highest BCUT2D eigenvalue weighted by atomic mass is 16.6.